The van der Waals surface area contributed by atoms with Crippen LogP contribution in [0.4, 0.5) is 0 Å². The molecular formula is C16H20BrClN4O. The minimum atomic E-state index is -0.0679. The van der Waals surface area contributed by atoms with Gasteiger partial charge < -0.3 is 11.1 Å². The molecule has 3 N–H and O–H groups in total. The van der Waals surface area contributed by atoms with Crippen molar-refractivity contribution in [2.24, 2.45) is 5.73 Å². The molecule has 5 nitrogen and oxygen atoms in total. The molecule has 3 rings (SSSR count). The van der Waals surface area contributed by atoms with Crippen LogP contribution >= 0.6 is 28.3 Å². The fraction of sp³-hybridized carbons (Fsp3) is 0.375. The van der Waals surface area contributed by atoms with Crippen molar-refractivity contribution in [3.05, 3.63) is 46.7 Å². The predicted octanol–water partition coefficient (Wildman–Crippen LogP) is 3.06. The minimum Gasteiger partial charge on any atom is -0.349 e. The van der Waals surface area contributed by atoms with E-state index in [9.17, 15) is 4.79 Å². The van der Waals surface area contributed by atoms with E-state index in [1.54, 1.807) is 17.1 Å². The number of nitrogens with zero attached hydrogens (tertiary/aromatic N) is 2. The Kier molecular flexibility index (Phi) is 6.21. The van der Waals surface area contributed by atoms with E-state index in [0.717, 1.165) is 35.8 Å². The normalized spacial score (nSPS) is 20.6. The lowest BCUT2D eigenvalue weighted by Crippen LogP contribution is -2.40. The molecule has 0 aliphatic heterocycles. The lowest BCUT2D eigenvalue weighted by atomic mass is 9.92. The fourth-order valence-electron chi connectivity index (χ4n) is 2.73. The Morgan fingerprint density at radius 1 is 1.30 bits per heavy atom. The number of nitrogens with two attached hydrogens (primary N) is 1. The summed E-state index contributed by atoms with van der Waals surface area (Å²) < 4.78 is 2.68. The number of carbonyl (C=O) groups excluding carboxylic acids is 1. The van der Waals surface area contributed by atoms with Gasteiger partial charge in [-0.05, 0) is 43.9 Å². The smallest absolute Gasteiger partial charge is 0.254 e. The highest BCUT2D eigenvalue weighted by Gasteiger charge is 2.21. The molecule has 1 amide bonds. The lowest BCUT2D eigenvalue weighted by Gasteiger charge is -2.26. The van der Waals surface area contributed by atoms with Crippen LogP contribution in [0.5, 0.6) is 0 Å². The first-order chi connectivity index (χ1) is 10.6. The first-order valence-electron chi connectivity index (χ1n) is 7.49. The molecule has 1 fully saturated rings. The van der Waals surface area contributed by atoms with Crippen molar-refractivity contribution in [1.29, 1.82) is 0 Å². The number of amides is 1. The molecule has 7 heteroatoms. The molecule has 0 atom stereocenters. The van der Waals surface area contributed by atoms with E-state index >= 15 is 0 Å². The highest BCUT2D eigenvalue weighted by molar-refractivity contribution is 9.10. The number of hydrogen-bond acceptors (Lipinski definition) is 3. The van der Waals surface area contributed by atoms with Crippen LogP contribution in [0.1, 0.15) is 36.0 Å². The first kappa shape index (κ1) is 18.0. The van der Waals surface area contributed by atoms with Crippen molar-refractivity contribution in [1.82, 2.24) is 15.1 Å². The molecule has 1 aromatic heterocycles. The van der Waals surface area contributed by atoms with Gasteiger partial charge in [0.15, 0.2) is 0 Å². The zero-order chi connectivity index (χ0) is 15.5. The average molecular weight is 400 g/mol. The van der Waals surface area contributed by atoms with Crippen molar-refractivity contribution >= 4 is 34.2 Å². The number of halogens is 2. The summed E-state index contributed by atoms with van der Waals surface area (Å²) in [6.45, 7) is 0. The maximum absolute atomic E-state index is 12.3. The van der Waals surface area contributed by atoms with Crippen LogP contribution in [-0.2, 0) is 0 Å². The molecule has 23 heavy (non-hydrogen) atoms. The molecule has 2 aromatic rings. The van der Waals surface area contributed by atoms with Crippen LogP contribution in [0.3, 0.4) is 0 Å². The van der Waals surface area contributed by atoms with Gasteiger partial charge in [-0.25, -0.2) is 4.68 Å². The second-order valence-electron chi connectivity index (χ2n) is 5.74. The standard InChI is InChI=1S/C16H19BrN4O.ClH/c17-12-2-1-3-15(8-12)21-10-11(9-19-21)16(22)20-14-6-4-13(18)5-7-14;/h1-3,8-10,13-14H,4-7,18H2,(H,20,22);1H. The molecule has 124 valence electrons. The van der Waals surface area contributed by atoms with E-state index in [1.807, 2.05) is 24.3 Å². The summed E-state index contributed by atoms with van der Waals surface area (Å²) in [6, 6.07) is 8.30. The van der Waals surface area contributed by atoms with Gasteiger partial charge in [0.2, 0.25) is 0 Å². The van der Waals surface area contributed by atoms with Gasteiger partial charge in [-0.2, -0.15) is 5.10 Å². The molecule has 1 saturated carbocycles. The van der Waals surface area contributed by atoms with Crippen LogP contribution in [0.15, 0.2) is 41.1 Å². The Hall–Kier alpha value is -1.37. The average Bonchev–Trinajstić information content (AvgIpc) is 3.00. The predicted molar refractivity (Wildman–Crippen MR) is 96.2 cm³/mol. The van der Waals surface area contributed by atoms with Crippen molar-refractivity contribution in [3.63, 3.8) is 0 Å². The maximum Gasteiger partial charge on any atom is 0.254 e. The van der Waals surface area contributed by atoms with Crippen LogP contribution < -0.4 is 11.1 Å². The summed E-state index contributed by atoms with van der Waals surface area (Å²) in [4.78, 5) is 12.3. The third-order valence-electron chi connectivity index (χ3n) is 4.02. The zero-order valence-corrected chi connectivity index (χ0v) is 15.0. The first-order valence-corrected chi connectivity index (χ1v) is 8.28. The van der Waals surface area contributed by atoms with E-state index in [1.165, 1.54) is 0 Å². The monoisotopic (exact) mass is 398 g/mol. The van der Waals surface area contributed by atoms with Crippen LogP contribution in [0, 0.1) is 0 Å². The summed E-state index contributed by atoms with van der Waals surface area (Å²) in [5, 5.41) is 7.34. The number of aromatic nitrogens is 2. The number of carbonyl (C=O) groups is 1. The molecule has 1 aromatic carbocycles. The number of rotatable bonds is 3. The largest absolute Gasteiger partial charge is 0.349 e. The lowest BCUT2D eigenvalue weighted by molar-refractivity contribution is 0.0926. The summed E-state index contributed by atoms with van der Waals surface area (Å²) in [5.41, 5.74) is 7.38. The van der Waals surface area contributed by atoms with Crippen molar-refractivity contribution in [2.45, 2.75) is 37.8 Å². The second kappa shape index (κ2) is 7.95. The summed E-state index contributed by atoms with van der Waals surface area (Å²) in [7, 11) is 0. The van der Waals surface area contributed by atoms with Gasteiger partial charge in [-0.15, -0.1) is 12.4 Å². The van der Waals surface area contributed by atoms with Crippen LogP contribution in [-0.4, -0.2) is 27.8 Å². The molecule has 0 bridgehead atoms. The number of nitrogens with one attached hydrogen (secondary N) is 1. The third-order valence-corrected chi connectivity index (χ3v) is 4.52. The molecule has 1 heterocycles. The highest BCUT2D eigenvalue weighted by atomic mass is 79.9. The van der Waals surface area contributed by atoms with Gasteiger partial charge >= 0.3 is 0 Å². The molecule has 0 saturated heterocycles. The fourth-order valence-corrected chi connectivity index (χ4v) is 3.12. The van der Waals surface area contributed by atoms with Gasteiger partial charge in [0.1, 0.15) is 0 Å². The van der Waals surface area contributed by atoms with Gasteiger partial charge in [0, 0.05) is 22.8 Å². The van der Waals surface area contributed by atoms with Crippen molar-refractivity contribution in [2.75, 3.05) is 0 Å². The van der Waals surface area contributed by atoms with Crippen LogP contribution in [0.2, 0.25) is 0 Å². The SMILES string of the molecule is Cl.NC1CCC(NC(=O)c2cnn(-c3cccc(Br)c3)c2)CC1. The summed E-state index contributed by atoms with van der Waals surface area (Å²) >= 11 is 3.44. The quantitative estimate of drug-likeness (QED) is 0.833. The Morgan fingerprint density at radius 2 is 2.04 bits per heavy atom. The molecule has 0 unspecified atom stereocenters. The van der Waals surface area contributed by atoms with E-state index in [0.29, 0.717) is 5.56 Å². The molecule has 1 aliphatic carbocycles. The Labute approximate surface area is 150 Å². The number of hydrogen-bond donors (Lipinski definition) is 2. The highest BCUT2D eigenvalue weighted by Crippen LogP contribution is 2.18. The Morgan fingerprint density at radius 3 is 2.74 bits per heavy atom. The van der Waals surface area contributed by atoms with E-state index in [-0.39, 0.29) is 30.4 Å². The molecule has 1 aliphatic rings. The summed E-state index contributed by atoms with van der Waals surface area (Å²) in [5.74, 6) is -0.0679. The Bertz CT molecular complexity index is 668. The Balaban J connectivity index is 0.00000192. The van der Waals surface area contributed by atoms with Crippen molar-refractivity contribution in [3.8, 4) is 5.69 Å². The van der Waals surface area contributed by atoms with Gasteiger partial charge in [-0.1, -0.05) is 22.0 Å². The molecule has 0 spiro atoms. The van der Waals surface area contributed by atoms with E-state index in [4.69, 9.17) is 5.73 Å². The van der Waals surface area contributed by atoms with Crippen molar-refractivity contribution < 1.29 is 4.79 Å². The minimum absolute atomic E-state index is 0. The molecular weight excluding hydrogens is 380 g/mol. The van der Waals surface area contributed by atoms with E-state index < -0.39 is 0 Å². The van der Waals surface area contributed by atoms with Gasteiger partial charge in [-0.3, -0.25) is 4.79 Å². The zero-order valence-electron chi connectivity index (χ0n) is 12.6. The second-order valence-corrected chi connectivity index (χ2v) is 6.65. The topological polar surface area (TPSA) is 72.9 Å². The van der Waals surface area contributed by atoms with Crippen LogP contribution in [0.25, 0.3) is 5.69 Å². The third kappa shape index (κ3) is 4.56. The van der Waals surface area contributed by atoms with Gasteiger partial charge in [0.05, 0.1) is 17.4 Å². The van der Waals surface area contributed by atoms with Gasteiger partial charge in [0.25, 0.3) is 5.91 Å². The summed E-state index contributed by atoms with van der Waals surface area (Å²) in [6.07, 6.45) is 7.21. The molecule has 0 radical (unpaired) electrons. The maximum atomic E-state index is 12.3. The van der Waals surface area contributed by atoms with E-state index in [2.05, 4.69) is 26.3 Å². The number of benzene rings is 1.